The van der Waals surface area contributed by atoms with Crippen LogP contribution in [0.2, 0.25) is 0 Å². The smallest absolute Gasteiger partial charge is 0.177 e. The fourth-order valence-corrected chi connectivity index (χ4v) is 2.36. The molecular weight excluding hydrogens is 292 g/mol. The molecule has 0 atom stereocenters. The number of aryl methyl sites for hydroxylation is 1. The number of thiocarbonyl (C=S) groups is 1. The summed E-state index contributed by atoms with van der Waals surface area (Å²) in [6, 6.07) is 15.4. The third-order valence-corrected chi connectivity index (χ3v) is 3.94. The monoisotopic (exact) mass is 314 g/mol. The first kappa shape index (κ1) is 16.3. The van der Waals surface area contributed by atoms with Crippen LogP contribution in [0.15, 0.2) is 48.5 Å². The summed E-state index contributed by atoms with van der Waals surface area (Å²) < 4.78 is 0. The number of hydrogen-bond donors (Lipinski definition) is 2. The van der Waals surface area contributed by atoms with Gasteiger partial charge in [-0.1, -0.05) is 25.5 Å². The Morgan fingerprint density at radius 2 is 1.73 bits per heavy atom. The zero-order chi connectivity index (χ0) is 15.9. The second-order valence-electron chi connectivity index (χ2n) is 5.31. The molecule has 0 aliphatic carbocycles. The van der Waals surface area contributed by atoms with Crippen molar-refractivity contribution in [1.29, 1.82) is 0 Å². The number of phenolic OH excluding ortho intramolecular Hbond substituents is 1. The molecule has 0 bridgehead atoms. The molecule has 2 aromatic carbocycles. The van der Waals surface area contributed by atoms with Crippen LogP contribution in [0.5, 0.6) is 5.75 Å². The van der Waals surface area contributed by atoms with Gasteiger partial charge in [-0.25, -0.2) is 0 Å². The van der Waals surface area contributed by atoms with Crippen LogP contribution in [0.4, 0.5) is 11.4 Å². The molecule has 2 aromatic rings. The molecular formula is C18H22N2OS. The van der Waals surface area contributed by atoms with Gasteiger partial charge in [-0.05, 0) is 67.0 Å². The van der Waals surface area contributed by atoms with Crippen LogP contribution in [-0.4, -0.2) is 17.3 Å². The van der Waals surface area contributed by atoms with Crippen molar-refractivity contribution < 1.29 is 5.11 Å². The summed E-state index contributed by atoms with van der Waals surface area (Å²) in [5, 5.41) is 13.2. The fourth-order valence-electron chi connectivity index (χ4n) is 2.14. The Balaban J connectivity index is 1.97. The van der Waals surface area contributed by atoms with Gasteiger partial charge >= 0.3 is 0 Å². The van der Waals surface area contributed by atoms with Gasteiger partial charge in [0.15, 0.2) is 5.11 Å². The number of nitrogens with zero attached hydrogens (tertiary/aromatic N) is 1. The quantitative estimate of drug-likeness (QED) is 0.793. The van der Waals surface area contributed by atoms with Crippen LogP contribution in [0.25, 0.3) is 0 Å². The molecule has 0 fully saturated rings. The van der Waals surface area contributed by atoms with Crippen LogP contribution in [0.1, 0.15) is 25.3 Å². The predicted molar refractivity (Wildman–Crippen MR) is 97.8 cm³/mol. The van der Waals surface area contributed by atoms with Crippen LogP contribution in [0, 0.1) is 0 Å². The minimum absolute atomic E-state index is 0.249. The minimum atomic E-state index is 0.249. The summed E-state index contributed by atoms with van der Waals surface area (Å²) in [6.45, 7) is 2.20. The van der Waals surface area contributed by atoms with E-state index in [1.165, 1.54) is 18.4 Å². The summed E-state index contributed by atoms with van der Waals surface area (Å²) in [4.78, 5) is 1.87. The van der Waals surface area contributed by atoms with Gasteiger partial charge in [0.2, 0.25) is 0 Å². The molecule has 4 heteroatoms. The SMILES string of the molecule is CCCCc1ccc(NC(=S)N(C)c2ccc(O)cc2)cc1. The van der Waals surface area contributed by atoms with Crippen molar-refractivity contribution in [3.05, 3.63) is 54.1 Å². The fraction of sp³-hybridized carbons (Fsp3) is 0.278. The number of unbranched alkanes of at least 4 members (excludes halogenated alkanes) is 1. The Morgan fingerprint density at radius 1 is 1.09 bits per heavy atom. The molecule has 0 aliphatic rings. The van der Waals surface area contributed by atoms with E-state index in [-0.39, 0.29) is 5.75 Å². The largest absolute Gasteiger partial charge is 0.508 e. The van der Waals surface area contributed by atoms with E-state index in [1.807, 2.05) is 24.1 Å². The van der Waals surface area contributed by atoms with Crippen molar-refractivity contribution in [1.82, 2.24) is 0 Å². The predicted octanol–water partition coefficient (Wildman–Crippen LogP) is 4.57. The lowest BCUT2D eigenvalue weighted by Crippen LogP contribution is -2.30. The highest BCUT2D eigenvalue weighted by Gasteiger charge is 2.07. The highest BCUT2D eigenvalue weighted by Crippen LogP contribution is 2.19. The number of phenols is 1. The molecule has 0 aromatic heterocycles. The van der Waals surface area contributed by atoms with E-state index in [4.69, 9.17) is 12.2 Å². The lowest BCUT2D eigenvalue weighted by molar-refractivity contribution is 0.475. The summed E-state index contributed by atoms with van der Waals surface area (Å²) in [5.74, 6) is 0.249. The molecule has 2 rings (SSSR count). The zero-order valence-electron chi connectivity index (χ0n) is 13.0. The minimum Gasteiger partial charge on any atom is -0.508 e. The van der Waals surface area contributed by atoms with Crippen molar-refractivity contribution in [2.24, 2.45) is 0 Å². The molecule has 0 spiro atoms. The standard InChI is InChI=1S/C18H22N2OS/c1-3-4-5-14-6-8-15(9-7-14)19-18(22)20(2)16-10-12-17(21)13-11-16/h6-13,21H,3-5H2,1-2H3,(H,19,22). The van der Waals surface area contributed by atoms with E-state index in [2.05, 4.69) is 36.5 Å². The number of benzene rings is 2. The molecule has 2 N–H and O–H groups in total. The molecule has 3 nitrogen and oxygen atoms in total. The van der Waals surface area contributed by atoms with Crippen molar-refractivity contribution >= 4 is 28.7 Å². The van der Waals surface area contributed by atoms with E-state index in [0.29, 0.717) is 5.11 Å². The van der Waals surface area contributed by atoms with Crippen molar-refractivity contribution in [3.63, 3.8) is 0 Å². The van der Waals surface area contributed by atoms with E-state index < -0.39 is 0 Å². The Labute approximate surface area is 137 Å². The third kappa shape index (κ3) is 4.46. The second-order valence-corrected chi connectivity index (χ2v) is 5.69. The summed E-state index contributed by atoms with van der Waals surface area (Å²) in [6.07, 6.45) is 3.55. The lowest BCUT2D eigenvalue weighted by Gasteiger charge is -2.21. The molecule has 0 saturated carbocycles. The topological polar surface area (TPSA) is 35.5 Å². The Morgan fingerprint density at radius 3 is 2.32 bits per heavy atom. The number of nitrogens with one attached hydrogen (secondary N) is 1. The first-order chi connectivity index (χ1) is 10.6. The molecule has 0 radical (unpaired) electrons. The summed E-state index contributed by atoms with van der Waals surface area (Å²) in [5.41, 5.74) is 3.26. The first-order valence-corrected chi connectivity index (χ1v) is 7.93. The maximum absolute atomic E-state index is 9.33. The summed E-state index contributed by atoms with van der Waals surface area (Å²) >= 11 is 5.43. The van der Waals surface area contributed by atoms with Gasteiger partial charge in [0.05, 0.1) is 0 Å². The normalized spacial score (nSPS) is 10.3. The van der Waals surface area contributed by atoms with E-state index in [0.717, 1.165) is 17.8 Å². The van der Waals surface area contributed by atoms with Gasteiger partial charge in [0.25, 0.3) is 0 Å². The van der Waals surface area contributed by atoms with Crippen LogP contribution in [-0.2, 0) is 6.42 Å². The van der Waals surface area contributed by atoms with E-state index in [9.17, 15) is 5.11 Å². The van der Waals surface area contributed by atoms with E-state index in [1.54, 1.807) is 12.1 Å². The van der Waals surface area contributed by atoms with Gasteiger partial charge in [-0.2, -0.15) is 0 Å². The van der Waals surface area contributed by atoms with Gasteiger partial charge < -0.3 is 15.3 Å². The number of rotatable bonds is 5. The molecule has 22 heavy (non-hydrogen) atoms. The first-order valence-electron chi connectivity index (χ1n) is 7.53. The average Bonchev–Trinajstić information content (AvgIpc) is 2.54. The highest BCUT2D eigenvalue weighted by atomic mass is 32.1. The van der Waals surface area contributed by atoms with Gasteiger partial charge in [-0.3, -0.25) is 0 Å². The zero-order valence-corrected chi connectivity index (χ0v) is 13.9. The number of hydrogen-bond acceptors (Lipinski definition) is 2. The highest BCUT2D eigenvalue weighted by molar-refractivity contribution is 7.80. The van der Waals surface area contributed by atoms with Gasteiger partial charge in [0.1, 0.15) is 5.75 Å². The van der Waals surface area contributed by atoms with Gasteiger partial charge in [-0.15, -0.1) is 0 Å². The Kier molecular flexibility index (Phi) is 5.78. The number of anilines is 2. The Bertz CT molecular complexity index is 608. The lowest BCUT2D eigenvalue weighted by atomic mass is 10.1. The maximum Gasteiger partial charge on any atom is 0.177 e. The van der Waals surface area contributed by atoms with Crippen molar-refractivity contribution in [2.75, 3.05) is 17.3 Å². The van der Waals surface area contributed by atoms with Crippen LogP contribution in [0.3, 0.4) is 0 Å². The molecule has 0 saturated heterocycles. The maximum atomic E-state index is 9.33. The molecule has 116 valence electrons. The molecule has 0 unspecified atom stereocenters. The Hall–Kier alpha value is -2.07. The molecule has 0 heterocycles. The van der Waals surface area contributed by atoms with Gasteiger partial charge in [0, 0.05) is 18.4 Å². The van der Waals surface area contributed by atoms with Crippen LogP contribution >= 0.6 is 12.2 Å². The van der Waals surface area contributed by atoms with Crippen LogP contribution < -0.4 is 10.2 Å². The third-order valence-electron chi connectivity index (χ3n) is 3.57. The number of aromatic hydroxyl groups is 1. The van der Waals surface area contributed by atoms with E-state index >= 15 is 0 Å². The molecule has 0 aliphatic heterocycles. The average molecular weight is 314 g/mol. The summed E-state index contributed by atoms with van der Waals surface area (Å²) in [7, 11) is 1.90. The van der Waals surface area contributed by atoms with Crippen molar-refractivity contribution in [2.45, 2.75) is 26.2 Å². The molecule has 0 amide bonds. The second kappa shape index (κ2) is 7.80. The van der Waals surface area contributed by atoms with Crippen molar-refractivity contribution in [3.8, 4) is 5.75 Å².